The van der Waals surface area contributed by atoms with Gasteiger partial charge in [-0.15, -0.1) is 24.0 Å². The van der Waals surface area contributed by atoms with E-state index in [0.717, 1.165) is 12.7 Å². The molecule has 3 aliphatic rings. The first-order valence-corrected chi connectivity index (χ1v) is 11.7. The van der Waals surface area contributed by atoms with Crippen molar-refractivity contribution in [3.05, 3.63) is 12.2 Å². The van der Waals surface area contributed by atoms with Gasteiger partial charge in [0.15, 0.2) is 5.96 Å². The number of likely N-dealkylation sites (tertiary alicyclic amines) is 1. The van der Waals surface area contributed by atoms with Gasteiger partial charge in [0.25, 0.3) is 0 Å². The average molecular weight is 539 g/mol. The molecule has 9 nitrogen and oxygen atoms in total. The predicted octanol–water partition coefficient (Wildman–Crippen LogP) is -0.0941. The Morgan fingerprint density at radius 3 is 2.31 bits per heavy atom. The highest BCUT2D eigenvalue weighted by Gasteiger charge is 2.58. The molecule has 2 amide bonds. The van der Waals surface area contributed by atoms with E-state index in [-0.39, 0.29) is 59.5 Å². The number of aliphatic imine (C=N–C) groups is 1. The summed E-state index contributed by atoms with van der Waals surface area (Å²) >= 11 is 0. The van der Waals surface area contributed by atoms with Gasteiger partial charge in [-0.2, -0.15) is 0 Å². The first-order valence-electron chi connectivity index (χ1n) is 9.82. The lowest BCUT2D eigenvalue weighted by Gasteiger charge is -2.18. The molecule has 0 aromatic carbocycles. The number of hydrogen-bond donors (Lipinski definition) is 3. The number of halogens is 1. The van der Waals surface area contributed by atoms with Crippen molar-refractivity contribution in [3.63, 3.8) is 0 Å². The van der Waals surface area contributed by atoms with E-state index in [0.29, 0.717) is 45.1 Å². The Kier molecular flexibility index (Phi) is 8.47. The van der Waals surface area contributed by atoms with Crippen LogP contribution in [0.4, 0.5) is 0 Å². The zero-order valence-corrected chi connectivity index (χ0v) is 19.9. The van der Waals surface area contributed by atoms with E-state index in [1.807, 2.05) is 6.92 Å². The molecule has 1 saturated carbocycles. The second-order valence-corrected chi connectivity index (χ2v) is 9.37. The molecular formula is C18H30IN5O4S. The van der Waals surface area contributed by atoms with Gasteiger partial charge in [-0.1, -0.05) is 12.2 Å². The maximum Gasteiger partial charge on any atom is 0.233 e. The van der Waals surface area contributed by atoms with Crippen molar-refractivity contribution in [2.75, 3.05) is 39.0 Å². The summed E-state index contributed by atoms with van der Waals surface area (Å²) in [5, 5.41) is 6.24. The van der Waals surface area contributed by atoms with Crippen LogP contribution in [0.1, 0.15) is 19.8 Å². The molecule has 1 aliphatic heterocycles. The number of guanidine groups is 1. The number of nitrogens with zero attached hydrogens (tertiary/aromatic N) is 2. The molecule has 29 heavy (non-hydrogen) atoms. The van der Waals surface area contributed by atoms with Gasteiger partial charge in [0.05, 0.1) is 18.1 Å². The minimum absolute atomic E-state index is 0. The average Bonchev–Trinajstić information content (AvgIpc) is 3.29. The molecular weight excluding hydrogens is 509 g/mol. The van der Waals surface area contributed by atoms with Crippen molar-refractivity contribution in [2.45, 2.75) is 19.8 Å². The fraction of sp³-hybridized carbons (Fsp3) is 0.722. The zero-order valence-electron chi connectivity index (χ0n) is 16.8. The number of carbonyl (C=O) groups is 2. The maximum absolute atomic E-state index is 12.7. The minimum Gasteiger partial charge on any atom is -0.357 e. The Bertz CT molecular complexity index is 755. The third-order valence-corrected chi connectivity index (χ3v) is 6.23. The van der Waals surface area contributed by atoms with E-state index in [1.54, 1.807) is 0 Å². The predicted molar refractivity (Wildman–Crippen MR) is 121 cm³/mol. The molecule has 1 saturated heterocycles. The summed E-state index contributed by atoms with van der Waals surface area (Å²) in [5.41, 5.74) is 0. The minimum atomic E-state index is -3.18. The smallest absolute Gasteiger partial charge is 0.233 e. The van der Waals surface area contributed by atoms with Gasteiger partial charge in [0.2, 0.25) is 21.8 Å². The largest absolute Gasteiger partial charge is 0.357 e. The van der Waals surface area contributed by atoms with Crippen LogP contribution in [0.3, 0.4) is 0 Å². The van der Waals surface area contributed by atoms with Gasteiger partial charge in [-0.25, -0.2) is 13.1 Å². The van der Waals surface area contributed by atoms with Crippen LogP contribution in [0.15, 0.2) is 17.1 Å². The lowest BCUT2D eigenvalue weighted by atomic mass is 9.85. The van der Waals surface area contributed by atoms with E-state index in [1.165, 1.54) is 4.90 Å². The lowest BCUT2D eigenvalue weighted by Crippen LogP contribution is -2.43. The van der Waals surface area contributed by atoms with Crippen LogP contribution < -0.4 is 15.4 Å². The number of imide groups is 1. The molecule has 164 valence electrons. The number of nitrogens with one attached hydrogen (secondary N) is 3. The van der Waals surface area contributed by atoms with Crippen LogP contribution in [-0.2, 0) is 19.6 Å². The van der Waals surface area contributed by atoms with Gasteiger partial charge >= 0.3 is 0 Å². The summed E-state index contributed by atoms with van der Waals surface area (Å²) in [6, 6.07) is 0. The van der Waals surface area contributed by atoms with E-state index < -0.39 is 10.0 Å². The first-order chi connectivity index (χ1) is 13.3. The Balaban J connectivity index is 0.00000300. The van der Waals surface area contributed by atoms with Crippen LogP contribution in [0, 0.1) is 23.7 Å². The third kappa shape index (κ3) is 5.69. The van der Waals surface area contributed by atoms with Crippen LogP contribution in [0.5, 0.6) is 0 Å². The Morgan fingerprint density at radius 2 is 1.76 bits per heavy atom. The number of hydrogen-bond acceptors (Lipinski definition) is 5. The van der Waals surface area contributed by atoms with Crippen LogP contribution in [0.2, 0.25) is 0 Å². The molecule has 3 N–H and O–H groups in total. The fourth-order valence-corrected chi connectivity index (χ4v) is 4.85. The first kappa shape index (κ1) is 24.1. The van der Waals surface area contributed by atoms with Gasteiger partial charge < -0.3 is 10.6 Å². The molecule has 4 unspecified atom stereocenters. The quantitative estimate of drug-likeness (QED) is 0.0941. The molecule has 1 heterocycles. The molecule has 0 spiro atoms. The summed E-state index contributed by atoms with van der Waals surface area (Å²) in [5.74, 6) is 0.638. The number of rotatable bonds is 9. The van der Waals surface area contributed by atoms with Crippen LogP contribution in [-0.4, -0.2) is 70.1 Å². The number of carbonyl (C=O) groups excluding carboxylic acids is 2. The highest BCUT2D eigenvalue weighted by atomic mass is 127. The van der Waals surface area contributed by atoms with E-state index in [4.69, 9.17) is 0 Å². The number of allylic oxidation sites excluding steroid dienone is 2. The van der Waals surface area contributed by atoms with Gasteiger partial charge in [-0.3, -0.25) is 19.5 Å². The second-order valence-electron chi connectivity index (χ2n) is 7.54. The second kappa shape index (κ2) is 10.2. The normalized spacial score (nSPS) is 27.9. The molecule has 2 bridgehead atoms. The summed E-state index contributed by atoms with van der Waals surface area (Å²) in [6.07, 6.45) is 6.81. The van der Waals surface area contributed by atoms with Crippen LogP contribution in [0.25, 0.3) is 0 Å². The molecule has 0 radical (unpaired) electrons. The summed E-state index contributed by atoms with van der Waals surface area (Å²) in [6.45, 7) is 4.15. The highest BCUT2D eigenvalue weighted by molar-refractivity contribution is 14.0. The summed E-state index contributed by atoms with van der Waals surface area (Å²) in [7, 11) is -3.18. The topological polar surface area (TPSA) is 120 Å². The fourth-order valence-electron chi connectivity index (χ4n) is 4.34. The zero-order chi connectivity index (χ0) is 20.3. The Morgan fingerprint density at radius 1 is 1.14 bits per heavy atom. The molecule has 0 aromatic rings. The van der Waals surface area contributed by atoms with Gasteiger partial charge in [0, 0.05) is 32.7 Å². The number of amides is 2. The summed E-state index contributed by atoms with van der Waals surface area (Å²) < 4.78 is 24.5. The molecule has 3 rings (SSSR count). The van der Waals surface area contributed by atoms with E-state index in [9.17, 15) is 18.0 Å². The van der Waals surface area contributed by atoms with Crippen molar-refractivity contribution in [3.8, 4) is 0 Å². The molecule has 2 aliphatic carbocycles. The highest BCUT2D eigenvalue weighted by Crippen LogP contribution is 2.52. The third-order valence-electron chi connectivity index (χ3n) is 5.50. The molecule has 2 fully saturated rings. The molecule has 0 aromatic heterocycles. The number of fused-ring (bicyclic) bond motifs is 5. The van der Waals surface area contributed by atoms with E-state index in [2.05, 4.69) is 32.5 Å². The van der Waals surface area contributed by atoms with Crippen LogP contribution >= 0.6 is 24.0 Å². The molecule has 4 atom stereocenters. The monoisotopic (exact) mass is 539 g/mol. The van der Waals surface area contributed by atoms with Crippen molar-refractivity contribution >= 4 is 51.8 Å². The maximum atomic E-state index is 12.7. The molecule has 11 heteroatoms. The van der Waals surface area contributed by atoms with Crippen molar-refractivity contribution in [1.82, 2.24) is 20.3 Å². The van der Waals surface area contributed by atoms with E-state index >= 15 is 0 Å². The van der Waals surface area contributed by atoms with Crippen molar-refractivity contribution in [1.29, 1.82) is 0 Å². The Labute approximate surface area is 189 Å². The Hall–Kier alpha value is -1.21. The number of sulfonamides is 1. The van der Waals surface area contributed by atoms with Gasteiger partial charge in [0.1, 0.15) is 0 Å². The summed E-state index contributed by atoms with van der Waals surface area (Å²) in [4.78, 5) is 31.1. The van der Waals surface area contributed by atoms with Gasteiger partial charge in [-0.05, 0) is 31.6 Å². The van der Waals surface area contributed by atoms with Crippen molar-refractivity contribution in [2.24, 2.45) is 28.7 Å². The SMILES string of the molecule is CCNC(=NCCCNS(C)(=O)=O)NCCN1C(=O)C2C3C=CC(C3)C2C1=O.I. The van der Waals surface area contributed by atoms with Crippen molar-refractivity contribution < 1.29 is 18.0 Å². The standard InChI is InChI=1S/C18H29N5O4S.HI/c1-3-19-18(20-7-4-8-22-28(2,26)27)21-9-10-23-16(24)14-12-5-6-13(11-12)15(14)17(23)25;/h5-6,12-15,22H,3-4,7-11H2,1-2H3,(H2,19,20,21);1H. The lowest BCUT2D eigenvalue weighted by molar-refractivity contribution is -0.140.